The Morgan fingerprint density at radius 2 is 1.39 bits per heavy atom. The van der Waals surface area contributed by atoms with Gasteiger partial charge in [0.25, 0.3) is 10.0 Å². The van der Waals surface area contributed by atoms with Gasteiger partial charge in [-0.3, -0.25) is 0 Å². The maximum absolute atomic E-state index is 13.1. The average molecular weight is 303 g/mol. The Bertz CT molecular complexity index is 419. The number of rotatable bonds is 10. The van der Waals surface area contributed by atoms with Gasteiger partial charge in [0.2, 0.25) is 0 Å². The zero-order valence-electron chi connectivity index (χ0n) is 10.6. The quantitative estimate of drug-likeness (QED) is 0.621. The molecule has 0 aromatic heterocycles. The van der Waals surface area contributed by atoms with Crippen LogP contribution in [0.4, 0.5) is 4.39 Å². The number of hydrogen-bond acceptors (Lipinski definition) is 4. The third-order valence-corrected chi connectivity index (χ3v) is 6.20. The Morgan fingerprint density at radius 3 is 1.83 bits per heavy atom. The zero-order chi connectivity index (χ0) is 14.2. The molecule has 1 unspecified atom stereocenters. The van der Waals surface area contributed by atoms with Crippen LogP contribution in [0.25, 0.3) is 0 Å². The Balaban J connectivity index is 3.93. The molecule has 0 fully saturated rings. The standard InChI is InChI=1S/C10H22FNO4S2/c1-2-3-4-5-6-7-8-9-17(13,14)10(11)18(12,15)16/h10H,2-9H2,1H3,(H2,12,15,16). The van der Waals surface area contributed by atoms with Crippen LogP contribution in [0.3, 0.4) is 0 Å². The van der Waals surface area contributed by atoms with E-state index in [-0.39, 0.29) is 6.42 Å². The number of sulfonamides is 1. The van der Waals surface area contributed by atoms with Gasteiger partial charge >= 0.3 is 4.84 Å². The molecule has 0 aromatic rings. The molecule has 18 heavy (non-hydrogen) atoms. The number of nitrogens with two attached hydrogens (primary N) is 1. The molecule has 8 heteroatoms. The van der Waals surface area contributed by atoms with Crippen LogP contribution < -0.4 is 5.14 Å². The summed E-state index contributed by atoms with van der Waals surface area (Å²) in [5.41, 5.74) is 0. The van der Waals surface area contributed by atoms with Crippen LogP contribution in [0.2, 0.25) is 0 Å². The maximum atomic E-state index is 13.1. The minimum absolute atomic E-state index is 0.268. The molecule has 5 nitrogen and oxygen atoms in total. The molecular weight excluding hydrogens is 281 g/mol. The second-order valence-corrected chi connectivity index (χ2v) is 8.39. The van der Waals surface area contributed by atoms with E-state index in [0.29, 0.717) is 6.42 Å². The third-order valence-electron chi connectivity index (χ3n) is 2.57. The third kappa shape index (κ3) is 7.27. The predicted molar refractivity (Wildman–Crippen MR) is 69.8 cm³/mol. The molecule has 1 atom stereocenters. The summed E-state index contributed by atoms with van der Waals surface area (Å²) >= 11 is 0. The number of alkyl halides is 1. The van der Waals surface area contributed by atoms with Crippen molar-refractivity contribution in [1.29, 1.82) is 0 Å². The fourth-order valence-corrected chi connectivity index (χ4v) is 4.27. The van der Waals surface area contributed by atoms with Crippen molar-refractivity contribution >= 4 is 19.9 Å². The molecule has 0 spiro atoms. The molecule has 110 valence electrons. The lowest BCUT2D eigenvalue weighted by Gasteiger charge is -2.07. The van der Waals surface area contributed by atoms with Crippen molar-refractivity contribution in [3.05, 3.63) is 0 Å². The van der Waals surface area contributed by atoms with Crippen molar-refractivity contribution in [3.8, 4) is 0 Å². The van der Waals surface area contributed by atoms with Crippen LogP contribution in [-0.2, 0) is 19.9 Å². The van der Waals surface area contributed by atoms with Crippen LogP contribution in [-0.4, -0.2) is 27.4 Å². The summed E-state index contributed by atoms with van der Waals surface area (Å²) in [6.45, 7) is 2.10. The van der Waals surface area contributed by atoms with Gasteiger partial charge in [0.15, 0.2) is 9.84 Å². The van der Waals surface area contributed by atoms with Gasteiger partial charge in [0.1, 0.15) is 0 Å². The molecule has 0 bridgehead atoms. The summed E-state index contributed by atoms with van der Waals surface area (Å²) in [6.07, 6.45) is 6.20. The van der Waals surface area contributed by atoms with Gasteiger partial charge in [-0.05, 0) is 6.42 Å². The largest absolute Gasteiger partial charge is 0.313 e. The highest BCUT2D eigenvalue weighted by Crippen LogP contribution is 2.13. The van der Waals surface area contributed by atoms with Gasteiger partial charge in [-0.15, -0.1) is 0 Å². The smallest absolute Gasteiger partial charge is 0.225 e. The minimum atomic E-state index is -4.67. The summed E-state index contributed by atoms with van der Waals surface area (Å²) in [5, 5.41) is 4.47. The molecule has 0 heterocycles. The van der Waals surface area contributed by atoms with E-state index >= 15 is 0 Å². The van der Waals surface area contributed by atoms with Crippen molar-refractivity contribution in [2.24, 2.45) is 5.14 Å². The fourth-order valence-electron chi connectivity index (χ4n) is 1.56. The van der Waals surface area contributed by atoms with Gasteiger partial charge in [0, 0.05) is 0 Å². The van der Waals surface area contributed by atoms with Crippen molar-refractivity contribution in [3.63, 3.8) is 0 Å². The van der Waals surface area contributed by atoms with Crippen molar-refractivity contribution in [1.82, 2.24) is 0 Å². The molecule has 0 saturated carbocycles. The Labute approximate surface area is 109 Å². The molecule has 0 aromatic carbocycles. The van der Waals surface area contributed by atoms with Crippen molar-refractivity contribution in [2.45, 2.75) is 56.7 Å². The SMILES string of the molecule is CCCCCCCCCS(=O)(=O)C(F)S(N)(=O)=O. The van der Waals surface area contributed by atoms with Crippen molar-refractivity contribution < 1.29 is 21.2 Å². The Hall–Kier alpha value is -0.210. The maximum Gasteiger partial charge on any atom is 0.313 e. The molecule has 0 radical (unpaired) electrons. The summed E-state index contributed by atoms with van der Waals surface area (Å²) in [6, 6.07) is 0. The fraction of sp³-hybridized carbons (Fsp3) is 1.00. The lowest BCUT2D eigenvalue weighted by Crippen LogP contribution is -2.33. The van der Waals surface area contributed by atoms with E-state index in [2.05, 4.69) is 12.1 Å². The lowest BCUT2D eigenvalue weighted by atomic mass is 10.1. The number of halogens is 1. The predicted octanol–water partition coefficient (Wildman–Crippen LogP) is 1.69. The molecule has 0 amide bonds. The molecule has 0 rings (SSSR count). The summed E-state index contributed by atoms with van der Waals surface area (Å²) in [7, 11) is -8.96. The monoisotopic (exact) mass is 303 g/mol. The Kier molecular flexibility index (Phi) is 7.97. The van der Waals surface area contributed by atoms with Gasteiger partial charge in [-0.1, -0.05) is 45.4 Å². The average Bonchev–Trinajstić information content (AvgIpc) is 2.25. The molecular formula is C10H22FNO4S2. The van der Waals surface area contributed by atoms with Crippen LogP contribution in [0, 0.1) is 0 Å². The van der Waals surface area contributed by atoms with E-state index in [4.69, 9.17) is 0 Å². The first-order valence-electron chi connectivity index (χ1n) is 6.09. The highest BCUT2D eigenvalue weighted by atomic mass is 32.3. The second kappa shape index (κ2) is 8.06. The molecule has 2 N–H and O–H groups in total. The first kappa shape index (κ1) is 17.8. The van der Waals surface area contributed by atoms with Crippen LogP contribution in [0.5, 0.6) is 0 Å². The van der Waals surface area contributed by atoms with E-state index in [1.807, 2.05) is 0 Å². The van der Waals surface area contributed by atoms with Gasteiger partial charge in [0.05, 0.1) is 5.75 Å². The number of unbranched alkanes of at least 4 members (excludes halogenated alkanes) is 6. The van der Waals surface area contributed by atoms with E-state index in [9.17, 15) is 21.2 Å². The van der Waals surface area contributed by atoms with Crippen LogP contribution >= 0.6 is 0 Å². The normalized spacial score (nSPS) is 14.6. The van der Waals surface area contributed by atoms with Gasteiger partial charge in [-0.25, -0.2) is 26.4 Å². The number of sulfone groups is 1. The molecule has 0 aliphatic heterocycles. The van der Waals surface area contributed by atoms with Crippen LogP contribution in [0.1, 0.15) is 51.9 Å². The number of primary sulfonamides is 1. The molecule has 0 aliphatic rings. The molecule has 0 aliphatic carbocycles. The second-order valence-electron chi connectivity index (χ2n) is 4.35. The van der Waals surface area contributed by atoms with E-state index in [0.717, 1.165) is 32.1 Å². The van der Waals surface area contributed by atoms with Gasteiger partial charge in [-0.2, -0.15) is 0 Å². The lowest BCUT2D eigenvalue weighted by molar-refractivity contribution is 0.476. The van der Waals surface area contributed by atoms with Crippen molar-refractivity contribution in [2.75, 3.05) is 5.75 Å². The topological polar surface area (TPSA) is 94.3 Å². The van der Waals surface area contributed by atoms with E-state index in [1.165, 1.54) is 0 Å². The highest BCUT2D eigenvalue weighted by Gasteiger charge is 2.34. The van der Waals surface area contributed by atoms with E-state index < -0.39 is 30.4 Å². The summed E-state index contributed by atoms with van der Waals surface area (Å²) in [5.74, 6) is -0.474. The highest BCUT2D eigenvalue weighted by molar-refractivity contribution is 8.07. The summed E-state index contributed by atoms with van der Waals surface area (Å²) in [4.78, 5) is -3.00. The van der Waals surface area contributed by atoms with E-state index in [1.54, 1.807) is 0 Å². The molecule has 0 saturated heterocycles. The number of hydrogen-bond donors (Lipinski definition) is 1. The minimum Gasteiger partial charge on any atom is -0.225 e. The zero-order valence-corrected chi connectivity index (χ0v) is 12.3. The van der Waals surface area contributed by atoms with Crippen LogP contribution in [0.15, 0.2) is 0 Å². The Morgan fingerprint density at radius 1 is 0.944 bits per heavy atom. The van der Waals surface area contributed by atoms with Gasteiger partial charge < -0.3 is 0 Å². The first-order valence-corrected chi connectivity index (χ1v) is 9.41. The first-order chi connectivity index (χ1) is 8.22. The summed E-state index contributed by atoms with van der Waals surface area (Å²) < 4.78 is 56.8.